The second-order valence-electron chi connectivity index (χ2n) is 4.79. The normalized spacial score (nSPS) is 10.3. The minimum Gasteiger partial charge on any atom is -0.328 e. The highest BCUT2D eigenvalue weighted by Gasteiger charge is 1.98. The van der Waals surface area contributed by atoms with E-state index in [2.05, 4.69) is 27.7 Å². The Hall–Kier alpha value is 0.492. The van der Waals surface area contributed by atoms with E-state index in [1.54, 1.807) is 0 Å². The lowest BCUT2D eigenvalue weighted by molar-refractivity contribution is 0.700. The molecule has 0 fully saturated rings. The second kappa shape index (κ2) is 10.6. The Morgan fingerprint density at radius 1 is 0.923 bits per heavy atom. The third kappa shape index (κ3) is 32.6. The van der Waals surface area contributed by atoms with Gasteiger partial charge in [0.2, 0.25) is 15.2 Å². The van der Waals surface area contributed by atoms with Gasteiger partial charge in [0, 0.05) is 1.43 Å². The zero-order valence-corrected chi connectivity index (χ0v) is 11.5. The van der Waals surface area contributed by atoms with Gasteiger partial charge in [-0.15, -0.1) is 10.6 Å². The first-order valence-corrected chi connectivity index (χ1v) is 7.06. The van der Waals surface area contributed by atoms with Gasteiger partial charge in [-0.25, -0.2) is 0 Å². The summed E-state index contributed by atoms with van der Waals surface area (Å²) in [5.41, 5.74) is 5.11. The summed E-state index contributed by atoms with van der Waals surface area (Å²) in [6.07, 6.45) is 0. The molecule has 0 aromatic heterocycles. The van der Waals surface area contributed by atoms with Gasteiger partial charge in [0.25, 0.3) is 0 Å². The number of hydrogen-bond donors (Lipinski definition) is 1. The molecule has 2 N–H and O–H groups in total. The third-order valence-electron chi connectivity index (χ3n) is 1.28. The van der Waals surface area contributed by atoms with Gasteiger partial charge in [-0.3, -0.25) is 0 Å². The fraction of sp³-hybridized carbons (Fsp3) is 1.00. The zero-order valence-electron chi connectivity index (χ0n) is 10.3. The van der Waals surface area contributed by atoms with Crippen molar-refractivity contribution in [2.24, 2.45) is 17.6 Å². The lowest BCUT2D eigenvalue weighted by Crippen LogP contribution is -2.06. The van der Waals surface area contributed by atoms with E-state index in [1.807, 2.05) is 13.8 Å². The number of hydrogen-bond acceptors (Lipinski definition) is 1. The van der Waals surface area contributed by atoms with Crippen molar-refractivity contribution >= 4 is 15.2 Å². The van der Waals surface area contributed by atoms with E-state index in [0.29, 0.717) is 6.04 Å². The summed E-state index contributed by atoms with van der Waals surface area (Å²) in [4.78, 5) is 0. The molecule has 0 saturated carbocycles. The van der Waals surface area contributed by atoms with Crippen molar-refractivity contribution in [1.82, 2.24) is 0 Å². The van der Waals surface area contributed by atoms with Crippen molar-refractivity contribution in [3.63, 3.8) is 0 Å². The SMILES string of the molecule is CC(C)N.CC(C)[CH2][Al][CH2]C(C)C.[HH]. The molecule has 0 aromatic carbocycles. The van der Waals surface area contributed by atoms with Crippen molar-refractivity contribution in [1.29, 1.82) is 0 Å². The van der Waals surface area contributed by atoms with E-state index in [9.17, 15) is 0 Å². The molecule has 0 atom stereocenters. The van der Waals surface area contributed by atoms with Crippen LogP contribution in [0.1, 0.15) is 43.0 Å². The van der Waals surface area contributed by atoms with Gasteiger partial charge in [-0.2, -0.15) is 0 Å². The molecule has 1 nitrogen and oxygen atoms in total. The largest absolute Gasteiger partial charge is 0.328 e. The monoisotopic (exact) mass is 202 g/mol. The lowest BCUT2D eigenvalue weighted by atomic mass is 10.3. The Kier molecular flexibility index (Phi) is 13.0. The first-order chi connectivity index (χ1) is 5.86. The van der Waals surface area contributed by atoms with E-state index in [1.165, 1.54) is 10.6 Å². The van der Waals surface area contributed by atoms with Crippen LogP contribution in [0.5, 0.6) is 0 Å². The molecule has 0 bridgehead atoms. The molecule has 0 aliphatic rings. The van der Waals surface area contributed by atoms with Gasteiger partial charge in [0.15, 0.2) is 0 Å². The Labute approximate surface area is 92.7 Å². The molecule has 0 aromatic rings. The fourth-order valence-corrected chi connectivity index (χ4v) is 2.29. The predicted octanol–water partition coefficient (Wildman–Crippen LogP) is 3.44. The Bertz CT molecular complexity index is 84.5. The highest BCUT2D eigenvalue weighted by atomic mass is 27.1. The standard InChI is InChI=1S/2C4H9.C3H9N.Al.H2/c2*1-4(2)3;1-3(2)4;;/h2*4H,1H2,2-3H3;3H,4H2,1-2H3;;1H. The maximum Gasteiger partial charge on any atom is 0.200 e. The van der Waals surface area contributed by atoms with Gasteiger partial charge in [0.05, 0.1) is 0 Å². The molecule has 2 heteroatoms. The van der Waals surface area contributed by atoms with Crippen LogP contribution in [0.4, 0.5) is 0 Å². The summed E-state index contributed by atoms with van der Waals surface area (Å²) in [6, 6.07) is 0.333. The van der Waals surface area contributed by atoms with Crippen molar-refractivity contribution in [2.45, 2.75) is 58.1 Å². The van der Waals surface area contributed by atoms with Gasteiger partial charge >= 0.3 is 0 Å². The predicted molar refractivity (Wildman–Crippen MR) is 66.5 cm³/mol. The van der Waals surface area contributed by atoms with E-state index in [4.69, 9.17) is 5.73 Å². The summed E-state index contributed by atoms with van der Waals surface area (Å²) >= 11 is 0.755. The molecule has 0 spiro atoms. The molecule has 0 aliphatic carbocycles. The molecule has 0 aliphatic heterocycles. The van der Waals surface area contributed by atoms with Crippen LogP contribution in [-0.2, 0) is 0 Å². The van der Waals surface area contributed by atoms with Crippen molar-refractivity contribution in [3.05, 3.63) is 0 Å². The van der Waals surface area contributed by atoms with Crippen molar-refractivity contribution in [3.8, 4) is 0 Å². The van der Waals surface area contributed by atoms with Crippen LogP contribution < -0.4 is 5.73 Å². The highest BCUT2D eigenvalue weighted by molar-refractivity contribution is 6.35. The van der Waals surface area contributed by atoms with E-state index >= 15 is 0 Å². The Morgan fingerprint density at radius 2 is 1.15 bits per heavy atom. The summed E-state index contributed by atoms with van der Waals surface area (Å²) in [6.45, 7) is 13.1. The van der Waals surface area contributed by atoms with Gasteiger partial charge in [-0.1, -0.05) is 53.4 Å². The lowest BCUT2D eigenvalue weighted by Gasteiger charge is -2.03. The topological polar surface area (TPSA) is 26.0 Å². The van der Waals surface area contributed by atoms with Gasteiger partial charge < -0.3 is 5.73 Å². The van der Waals surface area contributed by atoms with Crippen LogP contribution in [-0.4, -0.2) is 21.3 Å². The minimum atomic E-state index is 0. The Morgan fingerprint density at radius 3 is 1.31 bits per heavy atom. The Balaban J connectivity index is -0.000000209. The number of nitrogens with two attached hydrogens (primary N) is 1. The zero-order chi connectivity index (χ0) is 10.9. The average molecular weight is 202 g/mol. The molecular formula is C11H29AlN. The van der Waals surface area contributed by atoms with E-state index < -0.39 is 0 Å². The average Bonchev–Trinajstić information content (AvgIpc) is 1.83. The molecule has 13 heavy (non-hydrogen) atoms. The molecule has 0 amide bonds. The quantitative estimate of drug-likeness (QED) is 0.694. The molecule has 0 unspecified atom stereocenters. The summed E-state index contributed by atoms with van der Waals surface area (Å²) < 4.78 is 0. The maximum absolute atomic E-state index is 5.11. The third-order valence-corrected chi connectivity index (χ3v) is 3.83. The number of rotatable bonds is 4. The van der Waals surface area contributed by atoms with Crippen LogP contribution in [0.3, 0.4) is 0 Å². The fourth-order valence-electron chi connectivity index (χ4n) is 0.763. The second-order valence-corrected chi connectivity index (χ2v) is 6.31. The molecular weight excluding hydrogens is 173 g/mol. The first kappa shape index (κ1) is 15.9. The molecule has 0 rings (SSSR count). The van der Waals surface area contributed by atoms with Crippen LogP contribution >= 0.6 is 0 Å². The van der Waals surface area contributed by atoms with Crippen molar-refractivity contribution < 1.29 is 1.43 Å². The summed E-state index contributed by atoms with van der Waals surface area (Å²) in [5.74, 6) is 1.86. The van der Waals surface area contributed by atoms with Crippen LogP contribution in [0.2, 0.25) is 10.6 Å². The van der Waals surface area contributed by atoms with Gasteiger partial charge in [-0.05, 0) is 6.04 Å². The van der Waals surface area contributed by atoms with Crippen LogP contribution in [0.15, 0.2) is 0 Å². The summed E-state index contributed by atoms with van der Waals surface area (Å²) in [7, 11) is 0. The first-order valence-electron chi connectivity index (χ1n) is 5.43. The van der Waals surface area contributed by atoms with Crippen molar-refractivity contribution in [2.75, 3.05) is 0 Å². The maximum atomic E-state index is 5.11. The molecule has 1 radical (unpaired) electrons. The van der Waals surface area contributed by atoms with Crippen LogP contribution in [0, 0.1) is 11.8 Å². The molecule has 0 heterocycles. The van der Waals surface area contributed by atoms with E-state index in [-0.39, 0.29) is 1.43 Å². The molecule has 81 valence electrons. The minimum absolute atomic E-state index is 0. The van der Waals surface area contributed by atoms with Crippen LogP contribution in [0.25, 0.3) is 0 Å². The van der Waals surface area contributed by atoms with E-state index in [0.717, 1.165) is 27.1 Å². The van der Waals surface area contributed by atoms with Gasteiger partial charge in [0.1, 0.15) is 0 Å². The highest BCUT2D eigenvalue weighted by Crippen LogP contribution is 2.05. The summed E-state index contributed by atoms with van der Waals surface area (Å²) in [5, 5.41) is 2.97. The molecule has 0 saturated heterocycles. The smallest absolute Gasteiger partial charge is 0.200 e.